The van der Waals surface area contributed by atoms with Crippen LogP contribution in [0, 0.1) is 0 Å². The Bertz CT molecular complexity index is 4070. The lowest BCUT2D eigenvalue weighted by atomic mass is 9.89. The van der Waals surface area contributed by atoms with E-state index in [0.717, 1.165) is 27.5 Å². The fourth-order valence-corrected chi connectivity index (χ4v) is 12.2. The molecular formula is C57H70N7O28P3. The van der Waals surface area contributed by atoms with Gasteiger partial charge in [0.25, 0.3) is 11.5 Å². The van der Waals surface area contributed by atoms with E-state index < -0.39 is 128 Å². The molecule has 38 heteroatoms. The highest BCUT2D eigenvalue weighted by Gasteiger charge is 2.44. The van der Waals surface area contributed by atoms with E-state index in [0.29, 0.717) is 42.2 Å². The number of carbonyl (C=O) groups excluding carboxylic acids is 2. The molecule has 95 heavy (non-hydrogen) atoms. The first-order chi connectivity index (χ1) is 45.3. The zero-order chi connectivity index (χ0) is 68.5. The van der Waals surface area contributed by atoms with Crippen LogP contribution in [0.1, 0.15) is 83.7 Å². The molecule has 0 spiro atoms. The predicted molar refractivity (Wildman–Crippen MR) is 331 cm³/mol. The zero-order valence-corrected chi connectivity index (χ0v) is 53.1. The molecular weight excluding hydrogens is 1320 g/mol. The standard InChI is InChI=1S/C57H70N7O28P3/c58-48-14-17-63(56(74)61-48)50-29-42(68)46(90-50)32-87-94(78,79)85-24-22-82-20-21-83-23-25-86-95(80,81)92-45-30-51(91-47(45)33-88-93(76,77)84-19-5-18-65)64-31-35(54(71)62-57(64)75)7-13-49(69)59-15-3-1-2-4-16-60-53(70)34-6-10-38(55(72)73)41(26-34)52-39-11-8-36(66)27-43(39)89-44-28-37(67)9-12-40(44)52/h6-14,17,26-28,31,42,45-47,50-51,65-66,68H,1-5,15-16,18-25,29-30,32-33H2,(H,59,69)(H,60,70)(H,72,73)(H,76,77)(H,78,79)(H,80,81)(H2,58,61,74)(H,62,71,75)/t42-,45-,46-,47-,50-,51-/m1/s1. The molecule has 4 aromatic rings. The second-order valence-electron chi connectivity index (χ2n) is 21.2. The number of carboxylic acids is 1. The number of benzene rings is 3. The number of aromatic amines is 1. The smallest absolute Gasteiger partial charge is 0.472 e. The predicted octanol–water partition coefficient (Wildman–Crippen LogP) is 2.90. The Kier molecular flexibility index (Phi) is 26.2. The van der Waals surface area contributed by atoms with Gasteiger partial charge in [0.1, 0.15) is 53.7 Å². The number of aliphatic hydroxyl groups excluding tert-OH is 2. The van der Waals surface area contributed by atoms with Crippen molar-refractivity contribution in [2.24, 2.45) is 0 Å². The van der Waals surface area contributed by atoms with Crippen molar-refractivity contribution < 1.29 is 114 Å². The molecule has 516 valence electrons. The number of ether oxygens (including phenoxy) is 4. The number of aromatic hydroxyl groups is 1. The first kappa shape index (κ1) is 73.3. The molecule has 0 radical (unpaired) electrons. The maximum atomic E-state index is 13.4. The van der Waals surface area contributed by atoms with Crippen molar-refractivity contribution in [3.63, 3.8) is 0 Å². The summed E-state index contributed by atoms with van der Waals surface area (Å²) in [6.45, 7) is -3.30. The maximum Gasteiger partial charge on any atom is 0.472 e. The van der Waals surface area contributed by atoms with Crippen LogP contribution in [0.2, 0.25) is 0 Å². The minimum absolute atomic E-state index is 0.0115. The first-order valence-corrected chi connectivity index (χ1v) is 33.9. The molecule has 8 rings (SSSR count). The lowest BCUT2D eigenvalue weighted by Crippen LogP contribution is -2.33. The number of hydrogen-bond acceptors (Lipinski definition) is 26. The fraction of sp³-hybridized carbons (Fsp3) is 0.439. The number of anilines is 1. The number of H-pyrrole nitrogens is 1. The van der Waals surface area contributed by atoms with Gasteiger partial charge in [-0.2, -0.15) is 4.98 Å². The van der Waals surface area contributed by atoms with Gasteiger partial charge in [-0.3, -0.25) is 60.4 Å². The van der Waals surface area contributed by atoms with Gasteiger partial charge in [-0.25, -0.2) is 28.1 Å². The number of aromatic nitrogens is 4. The Morgan fingerprint density at radius 3 is 2.07 bits per heavy atom. The Morgan fingerprint density at radius 2 is 1.38 bits per heavy atom. The van der Waals surface area contributed by atoms with E-state index >= 15 is 0 Å². The van der Waals surface area contributed by atoms with E-state index in [9.17, 15) is 77.3 Å². The molecule has 3 aliphatic heterocycles. The average Bonchev–Trinajstić information content (AvgIpc) is 1.46. The Labute approximate surface area is 538 Å². The summed E-state index contributed by atoms with van der Waals surface area (Å²) in [5, 5.41) is 45.7. The van der Waals surface area contributed by atoms with Gasteiger partial charge in [-0.15, -0.1) is 0 Å². The number of unbranched alkanes of at least 4 members (excludes halogenated alkanes) is 3. The molecule has 2 aromatic heterocycles. The van der Waals surface area contributed by atoms with E-state index in [4.69, 9.17) is 61.3 Å². The highest BCUT2D eigenvalue weighted by Crippen LogP contribution is 2.50. The number of carboxylic acid groups (broad SMARTS) is 1. The summed E-state index contributed by atoms with van der Waals surface area (Å²) in [6.07, 6.45) is -1.16. The molecule has 4 aliphatic rings. The lowest BCUT2D eigenvalue weighted by Gasteiger charge is -2.22. The van der Waals surface area contributed by atoms with Gasteiger partial charge in [0.15, 0.2) is 5.43 Å². The van der Waals surface area contributed by atoms with Gasteiger partial charge in [-0.05, 0) is 79.4 Å². The van der Waals surface area contributed by atoms with Gasteiger partial charge in [-0.1, -0.05) is 12.8 Å². The quantitative estimate of drug-likeness (QED) is 0.0116. The number of fused-ring (bicyclic) bond motifs is 2. The van der Waals surface area contributed by atoms with Crippen molar-refractivity contribution in [2.45, 2.75) is 81.8 Å². The normalized spacial score (nSPS) is 20.0. The molecule has 3 unspecified atom stereocenters. The van der Waals surface area contributed by atoms with Crippen LogP contribution in [-0.4, -0.2) is 176 Å². The second kappa shape index (κ2) is 34.0. The fourth-order valence-electron chi connectivity index (χ4n) is 9.82. The SMILES string of the molecule is Nc1ccn([C@H]2C[C@@H](O)[C@@H](COP(=O)(O)OCCOCCOCCOP(=O)(O)O[C@@H]3C[C@H](n4cc(C=CC(=O)NCCCCCCNC(=O)c5ccc(C(=O)O)c(-c6c7ccc(=O)cc-7oc7cc(O)ccc67)c5)c(=O)[nH]c4=O)O[C@@H]3COP(=O)(O)OCCCO)O2)c(=O)n1. The van der Waals surface area contributed by atoms with Crippen LogP contribution < -0.4 is 38.7 Å². The highest BCUT2D eigenvalue weighted by molar-refractivity contribution is 7.48. The Morgan fingerprint density at radius 1 is 0.726 bits per heavy atom. The van der Waals surface area contributed by atoms with Crippen LogP contribution in [0.4, 0.5) is 5.82 Å². The van der Waals surface area contributed by atoms with Crippen molar-refractivity contribution in [2.75, 3.05) is 84.9 Å². The number of phenolic OH excluding ortho intramolecular Hbond substituents is 1. The minimum atomic E-state index is -5.02. The Hall–Kier alpha value is -7.47. The van der Waals surface area contributed by atoms with Crippen molar-refractivity contribution in [3.8, 4) is 28.2 Å². The largest absolute Gasteiger partial charge is 0.508 e. The van der Waals surface area contributed by atoms with Crippen LogP contribution in [0.15, 0.2) is 103 Å². The number of nitrogen functional groups attached to an aromatic ring is 1. The van der Waals surface area contributed by atoms with Gasteiger partial charge in [0, 0.05) is 85.2 Å². The number of amides is 2. The van der Waals surface area contributed by atoms with E-state index in [1.807, 2.05) is 0 Å². The number of phosphoric ester groups is 3. The van der Waals surface area contributed by atoms with Crippen LogP contribution in [0.5, 0.6) is 5.75 Å². The summed E-state index contributed by atoms with van der Waals surface area (Å²) in [4.78, 5) is 126. The molecule has 5 heterocycles. The summed E-state index contributed by atoms with van der Waals surface area (Å²) in [5.41, 5.74) is 3.50. The monoisotopic (exact) mass is 1390 g/mol. The molecule has 35 nitrogen and oxygen atoms in total. The number of phosphoric acid groups is 3. The third kappa shape index (κ3) is 21.3. The number of carbonyl (C=O) groups is 3. The summed E-state index contributed by atoms with van der Waals surface area (Å²) in [5.74, 6) is -2.34. The number of aliphatic hydroxyl groups is 2. The molecule has 9 atom stereocenters. The first-order valence-electron chi connectivity index (χ1n) is 29.5. The summed E-state index contributed by atoms with van der Waals surface area (Å²) in [6, 6.07) is 13.8. The topological polar surface area (TPSA) is 506 Å². The van der Waals surface area contributed by atoms with E-state index in [-0.39, 0.29) is 116 Å². The van der Waals surface area contributed by atoms with Crippen molar-refractivity contribution in [1.29, 1.82) is 0 Å². The van der Waals surface area contributed by atoms with Gasteiger partial charge >= 0.3 is 40.8 Å². The van der Waals surface area contributed by atoms with Gasteiger partial charge in [0.2, 0.25) is 5.91 Å². The van der Waals surface area contributed by atoms with E-state index in [1.54, 1.807) is 6.07 Å². The van der Waals surface area contributed by atoms with Gasteiger partial charge in [0.05, 0.1) is 76.7 Å². The molecule has 1 aliphatic carbocycles. The van der Waals surface area contributed by atoms with Crippen LogP contribution in [-0.2, 0) is 64.6 Å². The van der Waals surface area contributed by atoms with Gasteiger partial charge < -0.3 is 74.8 Å². The summed E-state index contributed by atoms with van der Waals surface area (Å²) in [7, 11) is -14.5. The number of aromatic carboxylic acids is 1. The van der Waals surface area contributed by atoms with Crippen LogP contribution in [0.25, 0.3) is 39.5 Å². The molecule has 0 saturated carbocycles. The third-order valence-corrected chi connectivity index (χ3v) is 17.4. The highest BCUT2D eigenvalue weighted by atomic mass is 31.2. The number of rotatable bonds is 37. The third-order valence-electron chi connectivity index (χ3n) is 14.4. The number of nitrogens with one attached hydrogen (secondary N) is 3. The van der Waals surface area contributed by atoms with Crippen molar-refractivity contribution >= 4 is 64.1 Å². The van der Waals surface area contributed by atoms with E-state index in [1.165, 1.54) is 60.8 Å². The summed E-state index contributed by atoms with van der Waals surface area (Å²) >= 11 is 0. The lowest BCUT2D eigenvalue weighted by molar-refractivity contribution is -0.116. The average molecular weight is 1390 g/mol. The van der Waals surface area contributed by atoms with Crippen LogP contribution >= 0.6 is 23.5 Å². The second-order valence-corrected chi connectivity index (χ2v) is 25.5. The summed E-state index contributed by atoms with van der Waals surface area (Å²) < 4.78 is 98.3. The molecule has 2 amide bonds. The van der Waals surface area contributed by atoms with Crippen molar-refractivity contribution in [1.82, 2.24) is 29.7 Å². The Balaban J connectivity index is 0.754. The maximum absolute atomic E-state index is 13.4. The zero-order valence-electron chi connectivity index (χ0n) is 50.4. The molecule has 0 bridgehead atoms. The number of nitrogens with two attached hydrogens (primary N) is 1. The van der Waals surface area contributed by atoms with Crippen LogP contribution in [0.3, 0.4) is 0 Å². The number of phenols is 1. The van der Waals surface area contributed by atoms with E-state index in [2.05, 4.69) is 20.6 Å². The molecule has 12 N–H and O–H groups in total. The molecule has 2 aromatic carbocycles. The number of hydrogen-bond donors (Lipinski definition) is 11. The minimum Gasteiger partial charge on any atom is -0.508 e. The molecule has 2 saturated heterocycles. The van der Waals surface area contributed by atoms with Crippen molar-refractivity contribution in [3.05, 3.63) is 137 Å². The number of nitrogens with zero attached hydrogens (tertiary/aromatic N) is 3. The molecule has 2 fully saturated rings.